The molecule has 3 rings (SSSR count). The molecule has 2 saturated carbocycles. The summed E-state index contributed by atoms with van der Waals surface area (Å²) >= 11 is 6.07. The molecule has 0 amide bonds. The molecule has 0 bridgehead atoms. The minimum atomic E-state index is 0.366. The predicted molar refractivity (Wildman–Crippen MR) is 80.4 cm³/mol. The Morgan fingerprint density at radius 3 is 2.58 bits per heavy atom. The largest absolute Gasteiger partial charge is 0.329 e. The van der Waals surface area contributed by atoms with Gasteiger partial charge < -0.3 is 5.73 Å². The molecule has 3 heteroatoms. The summed E-state index contributed by atoms with van der Waals surface area (Å²) in [5.41, 5.74) is 8.73. The number of nitrogens with two attached hydrogens (primary N) is 1. The summed E-state index contributed by atoms with van der Waals surface area (Å²) in [4.78, 5) is 2.66. The van der Waals surface area contributed by atoms with Gasteiger partial charge in [-0.15, -0.1) is 0 Å². The normalized spacial score (nSPS) is 20.8. The van der Waals surface area contributed by atoms with Gasteiger partial charge in [0.05, 0.1) is 0 Å². The third kappa shape index (κ3) is 3.13. The fraction of sp³-hybridized carbons (Fsp3) is 0.625. The maximum Gasteiger partial charge on any atom is 0.0476 e. The Labute approximate surface area is 120 Å². The zero-order chi connectivity index (χ0) is 13.4. The van der Waals surface area contributed by atoms with Crippen LogP contribution in [0.25, 0.3) is 0 Å². The minimum absolute atomic E-state index is 0.366. The molecular weight excluding hydrogens is 256 g/mol. The second-order valence-corrected chi connectivity index (χ2v) is 6.56. The molecule has 0 saturated heterocycles. The highest BCUT2D eigenvalue weighted by Crippen LogP contribution is 2.40. The lowest BCUT2D eigenvalue weighted by atomic mass is 9.99. The van der Waals surface area contributed by atoms with Crippen molar-refractivity contribution in [3.8, 4) is 0 Å². The average molecular weight is 279 g/mol. The summed E-state index contributed by atoms with van der Waals surface area (Å²) < 4.78 is 0. The molecule has 1 unspecified atom stereocenters. The number of hydrogen-bond acceptors (Lipinski definition) is 2. The second kappa shape index (κ2) is 5.43. The fourth-order valence-corrected chi connectivity index (χ4v) is 3.22. The molecule has 104 valence electrons. The fourth-order valence-electron chi connectivity index (χ4n) is 2.99. The topological polar surface area (TPSA) is 29.3 Å². The van der Waals surface area contributed by atoms with Gasteiger partial charge in [0.15, 0.2) is 0 Å². The molecule has 0 spiro atoms. The number of nitrogens with zero attached hydrogens (tertiary/aromatic N) is 1. The molecule has 2 fully saturated rings. The molecule has 0 aliphatic heterocycles. The van der Waals surface area contributed by atoms with Crippen LogP contribution >= 0.6 is 11.6 Å². The zero-order valence-corrected chi connectivity index (χ0v) is 12.4. The molecule has 2 aliphatic carbocycles. The molecule has 0 aromatic heterocycles. The van der Waals surface area contributed by atoms with E-state index >= 15 is 0 Å². The first kappa shape index (κ1) is 13.4. The van der Waals surface area contributed by atoms with Crippen molar-refractivity contribution in [2.24, 2.45) is 11.7 Å². The Balaban J connectivity index is 1.83. The maximum absolute atomic E-state index is 6.10. The predicted octanol–water partition coefficient (Wildman–Crippen LogP) is 3.52. The van der Waals surface area contributed by atoms with Gasteiger partial charge in [0, 0.05) is 30.2 Å². The van der Waals surface area contributed by atoms with Gasteiger partial charge >= 0.3 is 0 Å². The summed E-state index contributed by atoms with van der Waals surface area (Å²) in [6.45, 7) is 4.08. The highest BCUT2D eigenvalue weighted by atomic mass is 35.5. The Hall–Kier alpha value is -0.570. The van der Waals surface area contributed by atoms with E-state index in [4.69, 9.17) is 17.3 Å². The molecule has 0 heterocycles. The van der Waals surface area contributed by atoms with Gasteiger partial charge in [-0.2, -0.15) is 0 Å². The van der Waals surface area contributed by atoms with Gasteiger partial charge in [-0.05, 0) is 61.8 Å². The van der Waals surface area contributed by atoms with Crippen LogP contribution in [0.5, 0.6) is 0 Å². The smallest absolute Gasteiger partial charge is 0.0476 e. The summed E-state index contributed by atoms with van der Waals surface area (Å²) in [6.07, 6.45) is 5.49. The van der Waals surface area contributed by atoms with Gasteiger partial charge in [-0.1, -0.05) is 17.7 Å². The van der Waals surface area contributed by atoms with Gasteiger partial charge in [0.2, 0.25) is 0 Å². The van der Waals surface area contributed by atoms with Gasteiger partial charge in [-0.25, -0.2) is 0 Å². The van der Waals surface area contributed by atoms with E-state index in [2.05, 4.69) is 24.0 Å². The van der Waals surface area contributed by atoms with Crippen LogP contribution in [-0.2, 0) is 0 Å². The van der Waals surface area contributed by atoms with Crippen LogP contribution in [0.4, 0.5) is 0 Å². The van der Waals surface area contributed by atoms with Crippen molar-refractivity contribution in [1.82, 2.24) is 4.90 Å². The van der Waals surface area contributed by atoms with Crippen LogP contribution in [0, 0.1) is 12.8 Å². The molecule has 19 heavy (non-hydrogen) atoms. The van der Waals surface area contributed by atoms with Gasteiger partial charge in [0.1, 0.15) is 0 Å². The molecule has 1 atom stereocenters. The quantitative estimate of drug-likeness (QED) is 0.863. The highest BCUT2D eigenvalue weighted by molar-refractivity contribution is 6.30. The Morgan fingerprint density at radius 1 is 1.32 bits per heavy atom. The van der Waals surface area contributed by atoms with Crippen LogP contribution in [0.2, 0.25) is 5.02 Å². The molecule has 1 aromatic rings. The molecule has 1 aromatic carbocycles. The van der Waals surface area contributed by atoms with Crippen LogP contribution in [-0.4, -0.2) is 24.0 Å². The molecule has 0 radical (unpaired) electrons. The summed E-state index contributed by atoms with van der Waals surface area (Å²) in [5, 5.41) is 0.817. The van der Waals surface area contributed by atoms with E-state index < -0.39 is 0 Å². The van der Waals surface area contributed by atoms with Crippen molar-refractivity contribution in [3.63, 3.8) is 0 Å². The molecule has 2 N–H and O–H groups in total. The molecule has 2 aliphatic rings. The summed E-state index contributed by atoms with van der Waals surface area (Å²) in [7, 11) is 0. The third-order valence-electron chi connectivity index (χ3n) is 4.40. The van der Waals surface area contributed by atoms with Crippen LogP contribution in [0.3, 0.4) is 0 Å². The van der Waals surface area contributed by atoms with Crippen molar-refractivity contribution < 1.29 is 0 Å². The van der Waals surface area contributed by atoms with Crippen molar-refractivity contribution >= 4 is 11.6 Å². The van der Waals surface area contributed by atoms with E-state index in [1.165, 1.54) is 43.4 Å². The summed E-state index contributed by atoms with van der Waals surface area (Å²) in [6, 6.07) is 7.35. The van der Waals surface area contributed by atoms with Crippen LogP contribution in [0.15, 0.2) is 18.2 Å². The van der Waals surface area contributed by atoms with Crippen molar-refractivity contribution in [2.75, 3.05) is 13.1 Å². The zero-order valence-electron chi connectivity index (χ0n) is 11.6. The monoisotopic (exact) mass is 278 g/mol. The number of halogens is 1. The second-order valence-electron chi connectivity index (χ2n) is 6.12. The van der Waals surface area contributed by atoms with Crippen LogP contribution < -0.4 is 5.73 Å². The average Bonchev–Trinajstić information content (AvgIpc) is 3.25. The number of aryl methyl sites for hydroxylation is 1. The first-order chi connectivity index (χ1) is 9.19. The lowest BCUT2D eigenvalue weighted by Crippen LogP contribution is -2.37. The lowest BCUT2D eigenvalue weighted by Gasteiger charge is -2.32. The Kier molecular flexibility index (Phi) is 3.84. The Morgan fingerprint density at radius 2 is 2.05 bits per heavy atom. The van der Waals surface area contributed by atoms with E-state index in [0.29, 0.717) is 12.6 Å². The third-order valence-corrected chi connectivity index (χ3v) is 4.63. The number of hydrogen-bond donors (Lipinski definition) is 1. The van der Waals surface area contributed by atoms with Crippen molar-refractivity contribution in [2.45, 2.75) is 44.7 Å². The lowest BCUT2D eigenvalue weighted by molar-refractivity contribution is 0.182. The van der Waals surface area contributed by atoms with Gasteiger partial charge in [-0.3, -0.25) is 4.90 Å². The highest BCUT2D eigenvalue weighted by Gasteiger charge is 2.37. The number of rotatable bonds is 6. The number of benzene rings is 1. The van der Waals surface area contributed by atoms with E-state index in [9.17, 15) is 0 Å². The van der Waals surface area contributed by atoms with Crippen LogP contribution in [0.1, 0.15) is 42.9 Å². The van der Waals surface area contributed by atoms with E-state index in [-0.39, 0.29) is 0 Å². The summed E-state index contributed by atoms with van der Waals surface area (Å²) in [5.74, 6) is 0.919. The van der Waals surface area contributed by atoms with E-state index in [0.717, 1.165) is 17.0 Å². The SMILES string of the molecule is Cc1cc(Cl)ccc1C(CN)N(CC1CC1)C1CC1. The minimum Gasteiger partial charge on any atom is -0.329 e. The van der Waals surface area contributed by atoms with E-state index in [1.807, 2.05) is 6.07 Å². The maximum atomic E-state index is 6.10. The molecular formula is C16H23ClN2. The molecule has 2 nitrogen and oxygen atoms in total. The van der Waals surface area contributed by atoms with E-state index in [1.54, 1.807) is 0 Å². The Bertz CT molecular complexity index is 452. The van der Waals surface area contributed by atoms with Gasteiger partial charge in [0.25, 0.3) is 0 Å². The first-order valence-electron chi connectivity index (χ1n) is 7.41. The standard InChI is InChI=1S/C16H23ClN2/c1-11-8-13(17)4-7-15(11)16(9-18)19(14-5-6-14)10-12-2-3-12/h4,7-8,12,14,16H,2-3,5-6,9-10,18H2,1H3. The van der Waals surface area contributed by atoms with Crippen molar-refractivity contribution in [1.29, 1.82) is 0 Å². The first-order valence-corrected chi connectivity index (χ1v) is 7.78. The van der Waals surface area contributed by atoms with Crippen molar-refractivity contribution in [3.05, 3.63) is 34.3 Å².